The van der Waals surface area contributed by atoms with Crippen molar-refractivity contribution in [2.24, 2.45) is 11.3 Å². The minimum atomic E-state index is -0.114. The van der Waals surface area contributed by atoms with Crippen molar-refractivity contribution < 1.29 is 4.74 Å². The van der Waals surface area contributed by atoms with Crippen LogP contribution in [0.25, 0.3) is 0 Å². The Morgan fingerprint density at radius 2 is 1.81 bits per heavy atom. The highest BCUT2D eigenvalue weighted by Gasteiger charge is 2.41. The number of hydrogen-bond acceptors (Lipinski definition) is 3. The maximum atomic E-state index is 9.68. The molecule has 2 saturated heterocycles. The molecule has 0 N–H and O–H groups in total. The van der Waals surface area contributed by atoms with Gasteiger partial charge >= 0.3 is 0 Å². The summed E-state index contributed by atoms with van der Waals surface area (Å²) in [5.41, 5.74) is 1.27. The molecule has 0 aromatic heterocycles. The van der Waals surface area contributed by atoms with Gasteiger partial charge in [0.05, 0.1) is 11.5 Å². The third-order valence-electron chi connectivity index (χ3n) is 5.23. The number of benzene rings is 1. The van der Waals surface area contributed by atoms with Gasteiger partial charge in [-0.15, -0.1) is 0 Å². The van der Waals surface area contributed by atoms with Crippen molar-refractivity contribution in [3.8, 4) is 6.07 Å². The molecule has 0 unspecified atom stereocenters. The van der Waals surface area contributed by atoms with Crippen LogP contribution in [0.5, 0.6) is 0 Å². The number of hydrogen-bond donors (Lipinski definition) is 0. The molecule has 0 radical (unpaired) electrons. The highest BCUT2D eigenvalue weighted by atomic mass is 16.5. The first-order valence-corrected chi connectivity index (χ1v) is 8.08. The van der Waals surface area contributed by atoms with Crippen LogP contribution in [-0.2, 0) is 11.3 Å². The van der Waals surface area contributed by atoms with E-state index in [2.05, 4.69) is 41.3 Å². The van der Waals surface area contributed by atoms with Gasteiger partial charge in [0.15, 0.2) is 0 Å². The number of nitrogens with zero attached hydrogens (tertiary/aromatic N) is 2. The zero-order chi connectivity index (χ0) is 14.5. The predicted octanol–water partition coefficient (Wildman–Crippen LogP) is 3.22. The number of piperidine rings is 1. The average molecular weight is 284 g/mol. The van der Waals surface area contributed by atoms with Crippen molar-refractivity contribution in [1.29, 1.82) is 5.26 Å². The molecule has 21 heavy (non-hydrogen) atoms. The first-order chi connectivity index (χ1) is 10.3. The van der Waals surface area contributed by atoms with Crippen molar-refractivity contribution >= 4 is 0 Å². The van der Waals surface area contributed by atoms with Crippen LogP contribution in [0.2, 0.25) is 0 Å². The fraction of sp³-hybridized carbons (Fsp3) is 0.611. The predicted molar refractivity (Wildman–Crippen MR) is 82.5 cm³/mol. The smallest absolute Gasteiger partial charge is 0.0694 e. The lowest BCUT2D eigenvalue weighted by Crippen LogP contribution is -2.42. The van der Waals surface area contributed by atoms with Gasteiger partial charge < -0.3 is 4.74 Å². The highest BCUT2D eigenvalue weighted by Crippen LogP contribution is 2.42. The average Bonchev–Trinajstić information content (AvgIpc) is 2.57. The van der Waals surface area contributed by atoms with Crippen LogP contribution in [-0.4, -0.2) is 31.2 Å². The standard InChI is InChI=1S/C18H24N2O/c19-15-18(8-12-21-13-9-18)17-6-10-20(11-7-17)14-16-4-2-1-3-5-16/h1-5,17H,6-14H2. The van der Waals surface area contributed by atoms with Crippen LogP contribution >= 0.6 is 0 Å². The van der Waals surface area contributed by atoms with Gasteiger partial charge in [0, 0.05) is 19.8 Å². The number of nitriles is 1. The van der Waals surface area contributed by atoms with Gasteiger partial charge in [0.1, 0.15) is 0 Å². The van der Waals surface area contributed by atoms with E-state index < -0.39 is 0 Å². The van der Waals surface area contributed by atoms with E-state index in [1.807, 2.05) is 0 Å². The van der Waals surface area contributed by atoms with Gasteiger partial charge in [-0.25, -0.2) is 0 Å². The van der Waals surface area contributed by atoms with E-state index >= 15 is 0 Å². The molecule has 3 rings (SSSR count). The van der Waals surface area contributed by atoms with Crippen molar-refractivity contribution in [1.82, 2.24) is 4.90 Å². The van der Waals surface area contributed by atoms with Crippen LogP contribution in [0.3, 0.4) is 0 Å². The van der Waals surface area contributed by atoms with Gasteiger partial charge in [0.2, 0.25) is 0 Å². The Kier molecular flexibility index (Phi) is 4.57. The first kappa shape index (κ1) is 14.6. The van der Waals surface area contributed by atoms with Crippen LogP contribution in [0, 0.1) is 22.7 Å². The third-order valence-corrected chi connectivity index (χ3v) is 5.23. The number of rotatable bonds is 3. The Balaban J connectivity index is 1.56. The number of likely N-dealkylation sites (tertiary alicyclic amines) is 1. The quantitative estimate of drug-likeness (QED) is 0.855. The first-order valence-electron chi connectivity index (χ1n) is 8.08. The second-order valence-corrected chi connectivity index (χ2v) is 6.42. The molecular formula is C18H24N2O. The Morgan fingerprint density at radius 3 is 2.43 bits per heavy atom. The normalized spacial score (nSPS) is 23.6. The molecular weight excluding hydrogens is 260 g/mol. The summed E-state index contributed by atoms with van der Waals surface area (Å²) >= 11 is 0. The second-order valence-electron chi connectivity index (χ2n) is 6.42. The Bertz CT molecular complexity index is 480. The van der Waals surface area contributed by atoms with E-state index in [4.69, 9.17) is 4.74 Å². The summed E-state index contributed by atoms with van der Waals surface area (Å²) in [6, 6.07) is 13.3. The van der Waals surface area contributed by atoms with Gasteiger partial charge in [-0.1, -0.05) is 30.3 Å². The van der Waals surface area contributed by atoms with E-state index in [0.717, 1.165) is 58.5 Å². The van der Waals surface area contributed by atoms with E-state index in [0.29, 0.717) is 5.92 Å². The lowest BCUT2D eigenvalue weighted by Gasteiger charge is -2.42. The largest absolute Gasteiger partial charge is 0.381 e. The molecule has 0 amide bonds. The molecule has 0 bridgehead atoms. The zero-order valence-corrected chi connectivity index (χ0v) is 12.6. The van der Waals surface area contributed by atoms with Crippen molar-refractivity contribution in [2.45, 2.75) is 32.2 Å². The Morgan fingerprint density at radius 1 is 1.14 bits per heavy atom. The van der Waals surface area contributed by atoms with Crippen molar-refractivity contribution in [3.05, 3.63) is 35.9 Å². The molecule has 0 spiro atoms. The van der Waals surface area contributed by atoms with Gasteiger partial charge in [-0.2, -0.15) is 5.26 Å². The summed E-state index contributed by atoms with van der Waals surface area (Å²) in [5.74, 6) is 0.554. The maximum absolute atomic E-state index is 9.68. The summed E-state index contributed by atoms with van der Waals surface area (Å²) in [4.78, 5) is 2.52. The lowest BCUT2D eigenvalue weighted by molar-refractivity contribution is -0.00527. The zero-order valence-electron chi connectivity index (χ0n) is 12.6. The van der Waals surface area contributed by atoms with Crippen LogP contribution < -0.4 is 0 Å². The highest BCUT2D eigenvalue weighted by molar-refractivity contribution is 5.14. The molecule has 0 aliphatic carbocycles. The summed E-state index contributed by atoms with van der Waals surface area (Å²) in [7, 11) is 0. The topological polar surface area (TPSA) is 36.3 Å². The van der Waals surface area contributed by atoms with Crippen LogP contribution in [0.15, 0.2) is 30.3 Å². The molecule has 0 saturated carbocycles. The lowest BCUT2D eigenvalue weighted by atomic mass is 9.67. The number of ether oxygens (including phenoxy) is 1. The summed E-state index contributed by atoms with van der Waals surface area (Å²) in [5, 5.41) is 9.68. The molecule has 3 heteroatoms. The SMILES string of the molecule is N#CC1(C2CCN(Cc3ccccc3)CC2)CCOCC1. The van der Waals surface area contributed by atoms with E-state index in [1.165, 1.54) is 5.56 Å². The molecule has 3 nitrogen and oxygen atoms in total. The molecule has 1 aromatic rings. The van der Waals surface area contributed by atoms with Crippen molar-refractivity contribution in [3.63, 3.8) is 0 Å². The molecule has 2 heterocycles. The van der Waals surface area contributed by atoms with Gasteiger partial charge in [-0.3, -0.25) is 4.90 Å². The van der Waals surface area contributed by atoms with E-state index in [-0.39, 0.29) is 5.41 Å². The summed E-state index contributed by atoms with van der Waals surface area (Å²) in [6.45, 7) is 4.79. The minimum absolute atomic E-state index is 0.114. The molecule has 0 atom stereocenters. The fourth-order valence-corrected chi connectivity index (χ4v) is 3.83. The van der Waals surface area contributed by atoms with Gasteiger partial charge in [0.25, 0.3) is 0 Å². The van der Waals surface area contributed by atoms with Gasteiger partial charge in [-0.05, 0) is 50.3 Å². The van der Waals surface area contributed by atoms with Crippen LogP contribution in [0.1, 0.15) is 31.2 Å². The third kappa shape index (κ3) is 3.28. The molecule has 2 fully saturated rings. The minimum Gasteiger partial charge on any atom is -0.381 e. The van der Waals surface area contributed by atoms with Crippen molar-refractivity contribution in [2.75, 3.05) is 26.3 Å². The van der Waals surface area contributed by atoms with E-state index in [9.17, 15) is 5.26 Å². The Labute approximate surface area is 127 Å². The second kappa shape index (κ2) is 6.60. The Hall–Kier alpha value is -1.37. The molecule has 2 aliphatic heterocycles. The molecule has 2 aliphatic rings. The summed E-state index contributed by atoms with van der Waals surface area (Å²) < 4.78 is 5.46. The molecule has 1 aromatic carbocycles. The van der Waals surface area contributed by atoms with E-state index in [1.54, 1.807) is 0 Å². The maximum Gasteiger partial charge on any atom is 0.0694 e. The monoisotopic (exact) mass is 284 g/mol. The van der Waals surface area contributed by atoms with Crippen LogP contribution in [0.4, 0.5) is 0 Å². The fourth-order valence-electron chi connectivity index (χ4n) is 3.83. The summed E-state index contributed by atoms with van der Waals surface area (Å²) in [6.07, 6.45) is 4.15. The molecule has 112 valence electrons.